The lowest BCUT2D eigenvalue weighted by atomic mass is 9.79. The van der Waals surface area contributed by atoms with Crippen LogP contribution < -0.4 is 0 Å². The van der Waals surface area contributed by atoms with Crippen molar-refractivity contribution in [2.75, 3.05) is 20.3 Å². The van der Waals surface area contributed by atoms with Crippen LogP contribution >= 0.6 is 0 Å². The maximum atomic E-state index is 12.4. The molecule has 25 heavy (non-hydrogen) atoms. The third-order valence-corrected chi connectivity index (χ3v) is 5.53. The average molecular weight is 353 g/mol. The lowest BCUT2D eigenvalue weighted by Gasteiger charge is -2.40. The molecule has 0 radical (unpaired) electrons. The predicted octanol–water partition coefficient (Wildman–Crippen LogP) is 3.33. The summed E-state index contributed by atoms with van der Waals surface area (Å²) in [6, 6.07) is 0.0282. The zero-order valence-electron chi connectivity index (χ0n) is 15.5. The van der Waals surface area contributed by atoms with E-state index in [1.165, 1.54) is 39.2 Å². The van der Waals surface area contributed by atoms with E-state index in [4.69, 9.17) is 9.47 Å². The van der Waals surface area contributed by atoms with Crippen LogP contribution in [0.5, 0.6) is 0 Å². The average Bonchev–Trinajstić information content (AvgIpc) is 2.62. The van der Waals surface area contributed by atoms with Crippen LogP contribution in [0.4, 0.5) is 4.79 Å². The summed E-state index contributed by atoms with van der Waals surface area (Å²) in [5.74, 6) is -0.0629. The number of amides is 1. The lowest BCUT2D eigenvalue weighted by Crippen LogP contribution is -2.48. The van der Waals surface area contributed by atoms with E-state index in [-0.39, 0.29) is 36.9 Å². The number of ketones is 1. The molecule has 1 aliphatic carbocycles. The quantitative estimate of drug-likeness (QED) is 0.541. The maximum absolute atomic E-state index is 12.4. The van der Waals surface area contributed by atoms with Gasteiger partial charge in [-0.1, -0.05) is 32.1 Å². The number of piperidine rings is 1. The number of hydrogen-bond acceptors (Lipinski definition) is 5. The fourth-order valence-corrected chi connectivity index (χ4v) is 4.23. The standard InChI is InChI=1S/C19H31NO5/c1-3-25-18(22)13-17(21)15-9-10-20(19(23)24-2)16(12-15)11-14-7-5-4-6-8-14/h14-16H,3-13H2,1-2H3/t15-,16-/m1/s1. The number of esters is 1. The van der Waals surface area contributed by atoms with E-state index < -0.39 is 5.97 Å². The Labute approximate surface area is 150 Å². The summed E-state index contributed by atoms with van der Waals surface area (Å²) in [4.78, 5) is 37.9. The predicted molar refractivity (Wildman–Crippen MR) is 93.1 cm³/mol. The van der Waals surface area contributed by atoms with Gasteiger partial charge < -0.3 is 14.4 Å². The minimum Gasteiger partial charge on any atom is -0.466 e. The van der Waals surface area contributed by atoms with Crippen LogP contribution in [0, 0.1) is 11.8 Å². The number of carbonyl (C=O) groups excluding carboxylic acids is 3. The van der Waals surface area contributed by atoms with Crippen molar-refractivity contribution >= 4 is 17.8 Å². The minimum atomic E-state index is -0.452. The lowest BCUT2D eigenvalue weighted by molar-refractivity contribution is -0.146. The van der Waals surface area contributed by atoms with Crippen molar-refractivity contribution in [1.29, 1.82) is 0 Å². The molecule has 2 fully saturated rings. The van der Waals surface area contributed by atoms with Gasteiger partial charge in [0, 0.05) is 18.5 Å². The van der Waals surface area contributed by atoms with Gasteiger partial charge >= 0.3 is 12.1 Å². The van der Waals surface area contributed by atoms with Gasteiger partial charge in [0.2, 0.25) is 0 Å². The number of Topliss-reactive ketones (excluding diaryl/α,β-unsaturated/α-hetero) is 1. The smallest absolute Gasteiger partial charge is 0.409 e. The molecular weight excluding hydrogens is 322 g/mol. The van der Waals surface area contributed by atoms with Gasteiger partial charge in [-0.05, 0) is 32.1 Å². The summed E-state index contributed by atoms with van der Waals surface area (Å²) in [6.45, 7) is 2.54. The SMILES string of the molecule is CCOC(=O)CC(=O)[C@@H]1CCN(C(=O)OC)[C@H](CC2CCCCC2)C1. The number of likely N-dealkylation sites (tertiary alicyclic amines) is 1. The Hall–Kier alpha value is -1.59. The zero-order chi connectivity index (χ0) is 18.2. The zero-order valence-corrected chi connectivity index (χ0v) is 15.5. The minimum absolute atomic E-state index is 0.0282. The second kappa shape index (κ2) is 9.78. The molecule has 0 bridgehead atoms. The molecule has 0 unspecified atom stereocenters. The molecule has 142 valence electrons. The molecule has 1 heterocycles. The summed E-state index contributed by atoms with van der Waals surface area (Å²) >= 11 is 0. The molecule has 1 saturated heterocycles. The molecule has 6 heteroatoms. The molecule has 1 amide bonds. The van der Waals surface area contributed by atoms with Crippen LogP contribution in [0.15, 0.2) is 0 Å². The summed E-state index contributed by atoms with van der Waals surface area (Å²) in [7, 11) is 1.40. The number of ether oxygens (including phenoxy) is 2. The molecule has 0 N–H and O–H groups in total. The molecule has 2 rings (SSSR count). The molecule has 2 atom stereocenters. The van der Waals surface area contributed by atoms with Gasteiger partial charge in [0.05, 0.1) is 13.7 Å². The second-order valence-electron chi connectivity index (χ2n) is 7.23. The molecule has 0 aromatic rings. The number of nitrogens with zero attached hydrogens (tertiary/aromatic N) is 1. The second-order valence-corrected chi connectivity index (χ2v) is 7.23. The first-order chi connectivity index (χ1) is 12.0. The normalized spacial score (nSPS) is 24.6. The monoisotopic (exact) mass is 353 g/mol. The molecule has 2 aliphatic rings. The van der Waals surface area contributed by atoms with E-state index in [1.54, 1.807) is 11.8 Å². The summed E-state index contributed by atoms with van der Waals surface area (Å²) in [5.41, 5.74) is 0. The number of carbonyl (C=O) groups is 3. The molecule has 0 aromatic carbocycles. The summed E-state index contributed by atoms with van der Waals surface area (Å²) < 4.78 is 9.81. The number of methoxy groups -OCH3 is 1. The Morgan fingerprint density at radius 3 is 2.44 bits per heavy atom. The summed E-state index contributed by atoms with van der Waals surface area (Å²) in [6.07, 6.45) is 7.88. The van der Waals surface area contributed by atoms with E-state index in [2.05, 4.69) is 0 Å². The van der Waals surface area contributed by atoms with Gasteiger partial charge in [-0.2, -0.15) is 0 Å². The van der Waals surface area contributed by atoms with Gasteiger partial charge in [0.25, 0.3) is 0 Å². The van der Waals surface area contributed by atoms with Gasteiger partial charge in [0.15, 0.2) is 0 Å². The van der Waals surface area contributed by atoms with Crippen LogP contribution in [0.3, 0.4) is 0 Å². The Balaban J connectivity index is 1.98. The Morgan fingerprint density at radius 2 is 1.80 bits per heavy atom. The van der Waals surface area contributed by atoms with Crippen molar-refractivity contribution in [3.63, 3.8) is 0 Å². The first-order valence-electron chi connectivity index (χ1n) is 9.58. The topological polar surface area (TPSA) is 72.9 Å². The van der Waals surface area contributed by atoms with Crippen molar-refractivity contribution in [2.24, 2.45) is 11.8 Å². The van der Waals surface area contributed by atoms with Crippen LogP contribution in [0.2, 0.25) is 0 Å². The third kappa shape index (κ3) is 5.72. The Kier molecular flexibility index (Phi) is 7.72. The molecule has 1 aliphatic heterocycles. The van der Waals surface area contributed by atoms with E-state index in [0.717, 1.165) is 6.42 Å². The molecule has 1 saturated carbocycles. The van der Waals surface area contributed by atoms with Crippen LogP contribution in [-0.2, 0) is 19.1 Å². The first-order valence-corrected chi connectivity index (χ1v) is 9.58. The van der Waals surface area contributed by atoms with E-state index in [1.807, 2.05) is 0 Å². The van der Waals surface area contributed by atoms with Crippen LogP contribution in [0.1, 0.15) is 64.7 Å². The van der Waals surface area contributed by atoms with E-state index >= 15 is 0 Å². The van der Waals surface area contributed by atoms with Crippen molar-refractivity contribution < 1.29 is 23.9 Å². The fourth-order valence-electron chi connectivity index (χ4n) is 4.23. The number of hydrogen-bond donors (Lipinski definition) is 0. The highest BCUT2D eigenvalue weighted by atomic mass is 16.5. The highest BCUT2D eigenvalue weighted by Gasteiger charge is 2.37. The Bertz CT molecular complexity index is 472. The van der Waals surface area contributed by atoms with Gasteiger partial charge in [-0.25, -0.2) is 4.79 Å². The van der Waals surface area contributed by atoms with Crippen molar-refractivity contribution in [3.8, 4) is 0 Å². The molecule has 0 spiro atoms. The van der Waals surface area contributed by atoms with Crippen LogP contribution in [-0.4, -0.2) is 49.0 Å². The van der Waals surface area contributed by atoms with Crippen molar-refractivity contribution in [3.05, 3.63) is 0 Å². The van der Waals surface area contributed by atoms with Gasteiger partial charge in [0.1, 0.15) is 12.2 Å². The maximum Gasteiger partial charge on any atom is 0.409 e. The fraction of sp³-hybridized carbons (Fsp3) is 0.842. The highest BCUT2D eigenvalue weighted by Crippen LogP contribution is 2.34. The first kappa shape index (κ1) is 19.7. The van der Waals surface area contributed by atoms with Gasteiger partial charge in [-0.15, -0.1) is 0 Å². The molecule has 0 aromatic heterocycles. The number of rotatable bonds is 6. The molecule has 6 nitrogen and oxygen atoms in total. The van der Waals surface area contributed by atoms with Crippen LogP contribution in [0.25, 0.3) is 0 Å². The largest absolute Gasteiger partial charge is 0.466 e. The summed E-state index contributed by atoms with van der Waals surface area (Å²) in [5, 5.41) is 0. The van der Waals surface area contributed by atoms with Crippen molar-refractivity contribution in [1.82, 2.24) is 4.90 Å². The highest BCUT2D eigenvalue weighted by molar-refractivity contribution is 5.96. The van der Waals surface area contributed by atoms with E-state index in [9.17, 15) is 14.4 Å². The van der Waals surface area contributed by atoms with E-state index in [0.29, 0.717) is 25.3 Å². The third-order valence-electron chi connectivity index (χ3n) is 5.53. The molecular formula is C19H31NO5. The Morgan fingerprint density at radius 1 is 1.08 bits per heavy atom. The van der Waals surface area contributed by atoms with Crippen molar-refractivity contribution in [2.45, 2.75) is 70.8 Å². The van der Waals surface area contributed by atoms with Gasteiger partial charge in [-0.3, -0.25) is 9.59 Å².